The number of rotatable bonds is 13. The van der Waals surface area contributed by atoms with Crippen LogP contribution in [-0.4, -0.2) is 46.0 Å². The van der Waals surface area contributed by atoms with Gasteiger partial charge in [-0.15, -0.1) is 0 Å². The highest BCUT2D eigenvalue weighted by molar-refractivity contribution is 8.26. The molecule has 170 valence electrons. The van der Waals surface area contributed by atoms with Crippen molar-refractivity contribution in [3.63, 3.8) is 0 Å². The molecule has 1 N–H and O–H groups in total. The number of carboxylic acids is 1. The number of carboxylic acid groups (broad SMARTS) is 1. The van der Waals surface area contributed by atoms with Crippen molar-refractivity contribution in [1.82, 2.24) is 4.90 Å². The summed E-state index contributed by atoms with van der Waals surface area (Å²) < 4.78 is 11.6. The number of nitrogens with zero attached hydrogens (tertiary/aromatic N) is 1. The number of carbonyl (C=O) groups excluding carboxylic acids is 1. The Morgan fingerprint density at radius 2 is 1.90 bits per heavy atom. The van der Waals surface area contributed by atoms with E-state index in [1.54, 1.807) is 26.2 Å². The summed E-state index contributed by atoms with van der Waals surface area (Å²) in [6.07, 6.45) is 9.16. The minimum Gasteiger partial charge on any atom is -0.493 e. The van der Waals surface area contributed by atoms with Crippen molar-refractivity contribution in [3.8, 4) is 11.5 Å². The van der Waals surface area contributed by atoms with Crippen LogP contribution in [-0.2, 0) is 9.59 Å². The first-order chi connectivity index (χ1) is 14.9. The Hall–Kier alpha value is -2.06. The van der Waals surface area contributed by atoms with Crippen LogP contribution in [0.15, 0.2) is 23.1 Å². The van der Waals surface area contributed by atoms with Gasteiger partial charge in [-0.25, -0.2) is 4.79 Å². The predicted molar refractivity (Wildman–Crippen MR) is 129 cm³/mol. The van der Waals surface area contributed by atoms with Gasteiger partial charge in [0, 0.05) is 0 Å². The number of amides is 1. The van der Waals surface area contributed by atoms with E-state index in [0.717, 1.165) is 30.2 Å². The van der Waals surface area contributed by atoms with E-state index in [1.165, 1.54) is 30.6 Å². The van der Waals surface area contributed by atoms with Crippen LogP contribution in [0.25, 0.3) is 6.08 Å². The first-order valence-corrected chi connectivity index (χ1v) is 12.0. The van der Waals surface area contributed by atoms with Crippen LogP contribution < -0.4 is 9.47 Å². The molecule has 1 atom stereocenters. The van der Waals surface area contributed by atoms with Gasteiger partial charge in [0.15, 0.2) is 11.5 Å². The third-order valence-corrected chi connectivity index (χ3v) is 6.38. The Morgan fingerprint density at radius 1 is 1.19 bits per heavy atom. The standard InChI is InChI=1S/C23H31NO5S2/c1-4-6-7-8-9-10-13-29-18-12-11-16(14-19(18)28-3)15-20-21(25)24(23(30)31-20)17(5-2)22(26)27/h11-12,14-15,17H,4-10,13H2,1-3H3,(H,26,27)/b20-15-/t17-/m0/s1. The monoisotopic (exact) mass is 465 g/mol. The molecule has 0 saturated carbocycles. The van der Waals surface area contributed by atoms with Crippen molar-refractivity contribution in [1.29, 1.82) is 0 Å². The van der Waals surface area contributed by atoms with E-state index in [4.69, 9.17) is 21.7 Å². The molecule has 0 spiro atoms. The van der Waals surface area contributed by atoms with Crippen LogP contribution in [0.5, 0.6) is 11.5 Å². The lowest BCUT2D eigenvalue weighted by Gasteiger charge is -2.21. The minimum absolute atomic E-state index is 0.261. The second-order valence-corrected chi connectivity index (χ2v) is 9.02. The maximum atomic E-state index is 12.7. The largest absolute Gasteiger partial charge is 0.493 e. The molecule has 1 aliphatic heterocycles. The maximum Gasteiger partial charge on any atom is 0.326 e. The highest BCUT2D eigenvalue weighted by Gasteiger charge is 2.39. The van der Waals surface area contributed by atoms with Gasteiger partial charge in [-0.1, -0.05) is 76.0 Å². The van der Waals surface area contributed by atoms with E-state index in [9.17, 15) is 14.7 Å². The first-order valence-electron chi connectivity index (χ1n) is 10.7. The zero-order valence-electron chi connectivity index (χ0n) is 18.4. The zero-order valence-corrected chi connectivity index (χ0v) is 20.0. The molecule has 0 unspecified atom stereocenters. The summed E-state index contributed by atoms with van der Waals surface area (Å²) in [7, 11) is 1.58. The number of benzene rings is 1. The highest BCUT2D eigenvalue weighted by Crippen LogP contribution is 2.36. The van der Waals surface area contributed by atoms with Crippen LogP contribution >= 0.6 is 24.0 Å². The smallest absolute Gasteiger partial charge is 0.326 e. The highest BCUT2D eigenvalue weighted by atomic mass is 32.2. The third kappa shape index (κ3) is 6.97. The van der Waals surface area contributed by atoms with Gasteiger partial charge in [0.25, 0.3) is 5.91 Å². The van der Waals surface area contributed by atoms with Crippen LogP contribution in [0.1, 0.15) is 64.4 Å². The maximum absolute atomic E-state index is 12.7. The van der Waals surface area contributed by atoms with Crippen molar-refractivity contribution in [2.45, 2.75) is 64.8 Å². The number of methoxy groups -OCH3 is 1. The molecule has 2 rings (SSSR count). The minimum atomic E-state index is -1.06. The van der Waals surface area contributed by atoms with Gasteiger partial charge in [-0.2, -0.15) is 0 Å². The second-order valence-electron chi connectivity index (χ2n) is 7.34. The molecule has 1 aromatic rings. The molecule has 6 nitrogen and oxygen atoms in total. The Kier molecular flexibility index (Phi) is 10.3. The second kappa shape index (κ2) is 12.7. The molecule has 8 heteroatoms. The number of ether oxygens (including phenoxy) is 2. The van der Waals surface area contributed by atoms with Crippen molar-refractivity contribution < 1.29 is 24.2 Å². The number of carbonyl (C=O) groups is 2. The van der Waals surface area contributed by atoms with Crippen LogP contribution in [0.3, 0.4) is 0 Å². The van der Waals surface area contributed by atoms with Gasteiger partial charge in [0.2, 0.25) is 0 Å². The van der Waals surface area contributed by atoms with Crippen LogP contribution in [0.4, 0.5) is 0 Å². The van der Waals surface area contributed by atoms with Gasteiger partial charge in [0.1, 0.15) is 10.4 Å². The molecule has 0 aliphatic carbocycles. The number of thiocarbonyl (C=S) groups is 1. The molecule has 0 bridgehead atoms. The number of aliphatic carboxylic acids is 1. The molecule has 1 amide bonds. The van der Waals surface area contributed by atoms with E-state index in [2.05, 4.69) is 6.92 Å². The lowest BCUT2D eigenvalue weighted by Crippen LogP contribution is -2.43. The molecule has 31 heavy (non-hydrogen) atoms. The van der Waals surface area contributed by atoms with Crippen molar-refractivity contribution in [2.75, 3.05) is 13.7 Å². The summed E-state index contributed by atoms with van der Waals surface area (Å²) in [4.78, 5) is 25.8. The molecule has 1 aromatic carbocycles. The predicted octanol–water partition coefficient (Wildman–Crippen LogP) is 5.50. The molecule has 1 saturated heterocycles. The van der Waals surface area contributed by atoms with Gasteiger partial charge >= 0.3 is 5.97 Å². The van der Waals surface area contributed by atoms with Gasteiger partial charge in [-0.05, 0) is 36.6 Å². The van der Waals surface area contributed by atoms with Crippen LogP contribution in [0, 0.1) is 0 Å². The van der Waals surface area contributed by atoms with Crippen molar-refractivity contribution in [2.24, 2.45) is 0 Å². The number of unbranched alkanes of at least 4 members (excludes halogenated alkanes) is 5. The summed E-state index contributed by atoms with van der Waals surface area (Å²) >= 11 is 6.37. The fraction of sp³-hybridized carbons (Fsp3) is 0.522. The third-order valence-electron chi connectivity index (χ3n) is 5.05. The topological polar surface area (TPSA) is 76.1 Å². The molecule has 1 aliphatic rings. The molecule has 1 fully saturated rings. The molecular formula is C23H31NO5S2. The lowest BCUT2D eigenvalue weighted by molar-refractivity contribution is -0.145. The quantitative estimate of drug-likeness (QED) is 0.234. The molecule has 0 radical (unpaired) electrons. The van der Waals surface area contributed by atoms with Gasteiger partial charge in [-0.3, -0.25) is 9.69 Å². The number of hydrogen-bond donors (Lipinski definition) is 1. The average Bonchev–Trinajstić information content (AvgIpc) is 3.02. The molecule has 1 heterocycles. The van der Waals surface area contributed by atoms with Crippen molar-refractivity contribution >= 4 is 46.3 Å². The normalized spacial score (nSPS) is 16.1. The van der Waals surface area contributed by atoms with Gasteiger partial charge < -0.3 is 14.6 Å². The lowest BCUT2D eigenvalue weighted by atomic mass is 10.1. The van der Waals surface area contributed by atoms with E-state index < -0.39 is 12.0 Å². The van der Waals surface area contributed by atoms with Crippen molar-refractivity contribution in [3.05, 3.63) is 28.7 Å². The Morgan fingerprint density at radius 3 is 2.55 bits per heavy atom. The van der Waals surface area contributed by atoms with E-state index >= 15 is 0 Å². The SMILES string of the molecule is CCCCCCCCOc1ccc(/C=C2\SC(=S)N([C@@H](CC)C(=O)O)C2=O)cc1OC. The van der Waals surface area contributed by atoms with E-state index in [1.807, 2.05) is 12.1 Å². The zero-order chi connectivity index (χ0) is 22.8. The van der Waals surface area contributed by atoms with E-state index in [-0.39, 0.29) is 16.6 Å². The molecular weight excluding hydrogens is 434 g/mol. The first kappa shape index (κ1) is 25.2. The number of thioether (sulfide) groups is 1. The van der Waals surface area contributed by atoms with Crippen LogP contribution in [0.2, 0.25) is 0 Å². The Balaban J connectivity index is 2.04. The molecule has 0 aromatic heterocycles. The fourth-order valence-electron chi connectivity index (χ4n) is 3.33. The number of hydrogen-bond acceptors (Lipinski definition) is 6. The van der Waals surface area contributed by atoms with E-state index in [0.29, 0.717) is 23.0 Å². The summed E-state index contributed by atoms with van der Waals surface area (Å²) in [5, 5.41) is 9.37. The Bertz CT molecular complexity index is 824. The summed E-state index contributed by atoms with van der Waals surface area (Å²) in [5.41, 5.74) is 0.757. The average molecular weight is 466 g/mol. The summed E-state index contributed by atoms with van der Waals surface area (Å²) in [5.74, 6) is -0.190. The van der Waals surface area contributed by atoms with Gasteiger partial charge in [0.05, 0.1) is 18.6 Å². The summed E-state index contributed by atoms with van der Waals surface area (Å²) in [6.45, 7) is 4.56. The summed E-state index contributed by atoms with van der Waals surface area (Å²) in [6, 6.07) is 4.53. The Labute approximate surface area is 194 Å². The fourth-order valence-corrected chi connectivity index (χ4v) is 4.68.